The Bertz CT molecular complexity index is 1440. The van der Waals surface area contributed by atoms with Gasteiger partial charge in [0, 0.05) is 29.0 Å². The number of rotatable bonds is 5. The van der Waals surface area contributed by atoms with Crippen molar-refractivity contribution in [3.05, 3.63) is 80.2 Å². The summed E-state index contributed by atoms with van der Waals surface area (Å²) in [5.41, 5.74) is 0.371. The van der Waals surface area contributed by atoms with Crippen molar-refractivity contribution in [2.75, 3.05) is 5.32 Å². The molecule has 9 nitrogen and oxygen atoms in total. The van der Waals surface area contributed by atoms with E-state index in [1.807, 2.05) is 0 Å². The van der Waals surface area contributed by atoms with Gasteiger partial charge in [-0.25, -0.2) is 19.7 Å². The van der Waals surface area contributed by atoms with Crippen molar-refractivity contribution in [1.29, 1.82) is 0 Å². The monoisotopic (exact) mass is 450 g/mol. The summed E-state index contributed by atoms with van der Waals surface area (Å²) in [5, 5.41) is 3.32. The van der Waals surface area contributed by atoms with Crippen LogP contribution in [0.25, 0.3) is 22.4 Å². The van der Waals surface area contributed by atoms with Gasteiger partial charge < -0.3 is 5.32 Å². The van der Waals surface area contributed by atoms with Gasteiger partial charge in [-0.05, 0) is 50.2 Å². The molecule has 1 N–H and O–H groups in total. The Labute approximate surface area is 187 Å². The number of nitrogens with one attached hydrogen (secondary N) is 1. The highest BCUT2D eigenvalue weighted by Gasteiger charge is 2.17. The fraction of sp³-hybridized carbons (Fsp3) is 0.182. The van der Waals surface area contributed by atoms with Crippen LogP contribution in [0.4, 0.5) is 5.82 Å². The van der Waals surface area contributed by atoms with Crippen LogP contribution in [0.3, 0.4) is 0 Å². The van der Waals surface area contributed by atoms with Crippen molar-refractivity contribution >= 4 is 34.4 Å². The van der Waals surface area contributed by atoms with Crippen LogP contribution in [0.15, 0.2) is 58.3 Å². The first kappa shape index (κ1) is 21.4. The maximum absolute atomic E-state index is 13.0. The zero-order valence-corrected chi connectivity index (χ0v) is 18.1. The number of hydrogen-bond acceptors (Lipinski definition) is 6. The summed E-state index contributed by atoms with van der Waals surface area (Å²) in [4.78, 5) is 51.5. The highest BCUT2D eigenvalue weighted by Crippen LogP contribution is 2.19. The first-order valence-electron chi connectivity index (χ1n) is 9.87. The molecule has 0 saturated carbocycles. The van der Waals surface area contributed by atoms with E-state index in [1.54, 1.807) is 56.3 Å². The summed E-state index contributed by atoms with van der Waals surface area (Å²) >= 11 is 5.93. The smallest absolute Gasteiger partial charge is 0.309 e. The van der Waals surface area contributed by atoms with Crippen molar-refractivity contribution in [1.82, 2.24) is 24.1 Å². The molecule has 1 aromatic carbocycles. The highest BCUT2D eigenvalue weighted by atomic mass is 35.5. The van der Waals surface area contributed by atoms with Crippen molar-refractivity contribution in [2.45, 2.75) is 26.9 Å². The van der Waals surface area contributed by atoms with E-state index in [2.05, 4.69) is 20.3 Å². The molecule has 1 amide bonds. The molecule has 0 spiro atoms. The number of hydrogen-bond donors (Lipinski definition) is 1. The Morgan fingerprint density at radius 1 is 1.06 bits per heavy atom. The number of fused-ring (bicyclic) bond motifs is 1. The minimum absolute atomic E-state index is 0.144. The molecular formula is C22H19ClN6O3. The zero-order chi connectivity index (χ0) is 22.8. The summed E-state index contributed by atoms with van der Waals surface area (Å²) < 4.78 is 2.22. The zero-order valence-electron chi connectivity index (χ0n) is 17.4. The molecule has 3 aromatic heterocycles. The molecule has 0 saturated heterocycles. The van der Waals surface area contributed by atoms with Crippen molar-refractivity contribution in [3.63, 3.8) is 0 Å². The minimum atomic E-state index is -0.635. The Balaban J connectivity index is 1.75. The summed E-state index contributed by atoms with van der Waals surface area (Å²) in [6.45, 7) is 3.36. The second-order valence-electron chi connectivity index (χ2n) is 7.07. The summed E-state index contributed by atoms with van der Waals surface area (Å²) in [6.07, 6.45) is 1.37. The molecule has 0 aliphatic heterocycles. The lowest BCUT2D eigenvalue weighted by atomic mass is 10.2. The number of halogens is 1. The normalized spacial score (nSPS) is 11.0. The largest absolute Gasteiger partial charge is 0.333 e. The number of anilines is 1. The third-order valence-corrected chi connectivity index (χ3v) is 5.09. The van der Waals surface area contributed by atoms with Gasteiger partial charge in [-0.15, -0.1) is 0 Å². The first-order chi connectivity index (χ1) is 15.4. The Kier molecular flexibility index (Phi) is 5.83. The van der Waals surface area contributed by atoms with E-state index in [0.717, 1.165) is 10.3 Å². The molecule has 0 aliphatic carbocycles. The van der Waals surface area contributed by atoms with Crippen molar-refractivity contribution in [3.8, 4) is 11.4 Å². The van der Waals surface area contributed by atoms with E-state index in [4.69, 9.17) is 11.6 Å². The molecule has 3 heterocycles. The maximum Gasteiger partial charge on any atom is 0.333 e. The third kappa shape index (κ3) is 4.15. The van der Waals surface area contributed by atoms with Crippen LogP contribution in [-0.2, 0) is 17.9 Å². The Hall–Kier alpha value is -3.85. The lowest BCUT2D eigenvalue weighted by molar-refractivity contribution is -0.116. The molecule has 0 atom stereocenters. The SMILES string of the molecule is CCn1c(=O)n(CC(=O)Nc2cccc(C)n2)c(=O)c2cnc(-c3ccc(Cl)cc3)nc21. The molecule has 4 rings (SSSR count). The van der Waals surface area contributed by atoms with E-state index in [0.29, 0.717) is 22.2 Å². The third-order valence-electron chi connectivity index (χ3n) is 4.84. The number of carbonyl (C=O) groups is 1. The highest BCUT2D eigenvalue weighted by molar-refractivity contribution is 6.30. The number of pyridine rings is 1. The lowest BCUT2D eigenvalue weighted by Crippen LogP contribution is -2.43. The molecule has 10 heteroatoms. The lowest BCUT2D eigenvalue weighted by Gasteiger charge is -2.12. The van der Waals surface area contributed by atoms with E-state index in [1.165, 1.54) is 10.8 Å². The van der Waals surface area contributed by atoms with Crippen LogP contribution < -0.4 is 16.6 Å². The number of nitrogens with zero attached hydrogens (tertiary/aromatic N) is 5. The summed E-state index contributed by atoms with van der Waals surface area (Å²) in [5.74, 6) is 0.162. The topological polar surface area (TPSA) is 112 Å². The van der Waals surface area contributed by atoms with Gasteiger partial charge in [-0.2, -0.15) is 0 Å². The molecular weight excluding hydrogens is 432 g/mol. The fourth-order valence-corrected chi connectivity index (χ4v) is 3.43. The van der Waals surface area contributed by atoms with Crippen molar-refractivity contribution < 1.29 is 4.79 Å². The Morgan fingerprint density at radius 2 is 1.81 bits per heavy atom. The quantitative estimate of drug-likeness (QED) is 0.500. The molecule has 0 aliphatic rings. The van der Waals surface area contributed by atoms with Gasteiger partial charge >= 0.3 is 5.69 Å². The number of aromatic nitrogens is 5. The standard InChI is InChI=1S/C22H19ClN6O3/c1-3-28-20-16(11-24-19(27-20)14-7-9-15(23)10-8-14)21(31)29(22(28)32)12-18(30)26-17-6-4-5-13(2)25-17/h4-11H,3,12H2,1-2H3,(H,25,26,30). The van der Waals surface area contributed by atoms with Gasteiger partial charge in [0.25, 0.3) is 5.56 Å². The number of aryl methyl sites for hydroxylation is 2. The molecule has 0 radical (unpaired) electrons. The predicted octanol–water partition coefficient (Wildman–Crippen LogP) is 2.64. The van der Waals surface area contributed by atoms with Gasteiger partial charge in [-0.3, -0.25) is 18.7 Å². The van der Waals surface area contributed by atoms with E-state index >= 15 is 0 Å². The van der Waals surface area contributed by atoms with Crippen LogP contribution in [0.2, 0.25) is 5.02 Å². The molecule has 162 valence electrons. The molecule has 0 bridgehead atoms. The average molecular weight is 451 g/mol. The fourth-order valence-electron chi connectivity index (χ4n) is 3.30. The van der Waals surface area contributed by atoms with Crippen LogP contribution >= 0.6 is 11.6 Å². The van der Waals surface area contributed by atoms with E-state index < -0.39 is 23.7 Å². The number of benzene rings is 1. The van der Waals surface area contributed by atoms with Crippen LogP contribution in [0, 0.1) is 6.92 Å². The van der Waals surface area contributed by atoms with E-state index in [9.17, 15) is 14.4 Å². The van der Waals surface area contributed by atoms with Crippen LogP contribution in [0.5, 0.6) is 0 Å². The average Bonchev–Trinajstić information content (AvgIpc) is 2.77. The van der Waals surface area contributed by atoms with Gasteiger partial charge in [0.1, 0.15) is 17.7 Å². The van der Waals surface area contributed by atoms with Gasteiger partial charge in [0.15, 0.2) is 11.5 Å². The summed E-state index contributed by atoms with van der Waals surface area (Å²) in [7, 11) is 0. The van der Waals surface area contributed by atoms with Gasteiger partial charge in [0.2, 0.25) is 5.91 Å². The van der Waals surface area contributed by atoms with E-state index in [-0.39, 0.29) is 17.6 Å². The maximum atomic E-state index is 13.0. The number of carbonyl (C=O) groups excluding carboxylic acids is 1. The predicted molar refractivity (Wildman–Crippen MR) is 122 cm³/mol. The number of amides is 1. The van der Waals surface area contributed by atoms with Gasteiger partial charge in [0.05, 0.1) is 0 Å². The molecule has 0 fully saturated rings. The Morgan fingerprint density at radius 3 is 2.50 bits per heavy atom. The van der Waals surface area contributed by atoms with Crippen LogP contribution in [-0.4, -0.2) is 30.0 Å². The summed E-state index contributed by atoms with van der Waals surface area (Å²) in [6, 6.07) is 12.1. The van der Waals surface area contributed by atoms with Crippen molar-refractivity contribution in [2.24, 2.45) is 0 Å². The molecule has 0 unspecified atom stereocenters. The first-order valence-corrected chi connectivity index (χ1v) is 10.2. The second-order valence-corrected chi connectivity index (χ2v) is 7.50. The van der Waals surface area contributed by atoms with Gasteiger partial charge in [-0.1, -0.05) is 17.7 Å². The second kappa shape index (κ2) is 8.72. The minimum Gasteiger partial charge on any atom is -0.309 e. The molecule has 32 heavy (non-hydrogen) atoms. The van der Waals surface area contributed by atoms with Crippen LogP contribution in [0.1, 0.15) is 12.6 Å². The molecule has 4 aromatic rings.